The summed E-state index contributed by atoms with van der Waals surface area (Å²) in [6.07, 6.45) is 1.79. The first-order valence-corrected chi connectivity index (χ1v) is 6.49. The average Bonchev–Trinajstić information content (AvgIpc) is 2.72. The quantitative estimate of drug-likeness (QED) is 0.820. The number of carbonyl (C=O) groups is 2. The Labute approximate surface area is 107 Å². The second-order valence-electron chi connectivity index (χ2n) is 6.30. The lowest BCUT2D eigenvalue weighted by atomic mass is 9.95. The molecule has 0 spiro atoms. The van der Waals surface area contributed by atoms with E-state index in [9.17, 15) is 9.59 Å². The molecule has 1 saturated heterocycles. The number of amides is 1. The maximum Gasteiger partial charge on any atom is 0.410 e. The first-order chi connectivity index (χ1) is 8.28. The highest BCUT2D eigenvalue weighted by atomic mass is 16.6. The van der Waals surface area contributed by atoms with E-state index in [4.69, 9.17) is 9.84 Å². The molecule has 102 valence electrons. The molecule has 2 rings (SSSR count). The summed E-state index contributed by atoms with van der Waals surface area (Å²) < 4.78 is 5.37. The van der Waals surface area contributed by atoms with Crippen LogP contribution in [0.3, 0.4) is 0 Å². The van der Waals surface area contributed by atoms with Gasteiger partial charge in [0.05, 0.1) is 6.42 Å². The molecule has 3 atom stereocenters. The van der Waals surface area contributed by atoms with Gasteiger partial charge in [-0.2, -0.15) is 0 Å². The number of piperidine rings is 1. The van der Waals surface area contributed by atoms with Crippen molar-refractivity contribution in [3.05, 3.63) is 0 Å². The first kappa shape index (κ1) is 13.2. The number of likely N-dealkylation sites (tertiary alicyclic amines) is 1. The molecule has 5 heteroatoms. The molecule has 0 radical (unpaired) electrons. The predicted octanol–water partition coefficient (Wildman–Crippen LogP) is 2.11. The third kappa shape index (κ3) is 2.60. The van der Waals surface area contributed by atoms with Gasteiger partial charge in [0.25, 0.3) is 0 Å². The van der Waals surface area contributed by atoms with Gasteiger partial charge in [0.2, 0.25) is 0 Å². The summed E-state index contributed by atoms with van der Waals surface area (Å²) in [5.74, 6) is -0.337. The van der Waals surface area contributed by atoms with Crippen LogP contribution in [-0.2, 0) is 9.53 Å². The Morgan fingerprint density at radius 1 is 1.33 bits per heavy atom. The number of carboxylic acid groups (broad SMARTS) is 1. The van der Waals surface area contributed by atoms with Crippen LogP contribution in [0.15, 0.2) is 0 Å². The molecule has 1 N–H and O–H groups in total. The Hall–Kier alpha value is -1.26. The van der Waals surface area contributed by atoms with Gasteiger partial charge in [0.1, 0.15) is 5.60 Å². The molecule has 5 nitrogen and oxygen atoms in total. The van der Waals surface area contributed by atoms with E-state index >= 15 is 0 Å². The van der Waals surface area contributed by atoms with Crippen molar-refractivity contribution in [2.24, 2.45) is 11.8 Å². The molecule has 2 aliphatic rings. The Balaban J connectivity index is 2.01. The van der Waals surface area contributed by atoms with E-state index in [1.165, 1.54) is 0 Å². The summed E-state index contributed by atoms with van der Waals surface area (Å²) >= 11 is 0. The highest BCUT2D eigenvalue weighted by Crippen LogP contribution is 2.44. The van der Waals surface area contributed by atoms with Crippen LogP contribution in [-0.4, -0.2) is 40.3 Å². The van der Waals surface area contributed by atoms with Crippen LogP contribution in [0.25, 0.3) is 0 Å². The molecule has 1 aliphatic heterocycles. The maximum atomic E-state index is 12.0. The van der Waals surface area contributed by atoms with Crippen molar-refractivity contribution in [2.75, 3.05) is 6.54 Å². The molecular formula is C13H21NO4. The van der Waals surface area contributed by atoms with E-state index in [1.54, 1.807) is 4.90 Å². The number of aliphatic carboxylic acids is 1. The average molecular weight is 255 g/mol. The highest BCUT2D eigenvalue weighted by Gasteiger charge is 2.50. The summed E-state index contributed by atoms with van der Waals surface area (Å²) in [6.45, 7) is 6.17. The molecule has 0 aromatic carbocycles. The molecule has 1 aliphatic carbocycles. The predicted molar refractivity (Wildman–Crippen MR) is 65.2 cm³/mol. The Morgan fingerprint density at radius 2 is 2.00 bits per heavy atom. The van der Waals surface area contributed by atoms with Gasteiger partial charge >= 0.3 is 12.1 Å². The van der Waals surface area contributed by atoms with Gasteiger partial charge in [-0.1, -0.05) is 0 Å². The van der Waals surface area contributed by atoms with E-state index in [2.05, 4.69) is 0 Å². The van der Waals surface area contributed by atoms with Crippen LogP contribution in [0, 0.1) is 11.8 Å². The van der Waals surface area contributed by atoms with E-state index in [-0.39, 0.29) is 24.5 Å². The smallest absolute Gasteiger partial charge is 0.410 e. The zero-order valence-electron chi connectivity index (χ0n) is 11.2. The number of nitrogens with zero attached hydrogens (tertiary/aromatic N) is 1. The number of hydrogen-bond donors (Lipinski definition) is 1. The van der Waals surface area contributed by atoms with Crippen LogP contribution < -0.4 is 0 Å². The van der Waals surface area contributed by atoms with Crippen LogP contribution >= 0.6 is 0 Å². The monoisotopic (exact) mass is 255 g/mol. The van der Waals surface area contributed by atoms with E-state index in [1.807, 2.05) is 20.8 Å². The minimum atomic E-state index is -0.775. The second-order valence-corrected chi connectivity index (χ2v) is 6.30. The fourth-order valence-electron chi connectivity index (χ4n) is 3.16. The Bertz CT molecular complexity index is 360. The zero-order valence-corrected chi connectivity index (χ0v) is 11.2. The van der Waals surface area contributed by atoms with Gasteiger partial charge in [0.15, 0.2) is 0 Å². The number of fused-ring (bicyclic) bond motifs is 2. The maximum absolute atomic E-state index is 12.0. The van der Waals surface area contributed by atoms with Gasteiger partial charge in [0, 0.05) is 12.6 Å². The number of carbonyl (C=O) groups excluding carboxylic acids is 1. The normalized spacial score (nSPS) is 30.6. The molecule has 1 saturated carbocycles. The lowest BCUT2D eigenvalue weighted by Gasteiger charge is -2.30. The van der Waals surface area contributed by atoms with Crippen molar-refractivity contribution in [2.45, 2.75) is 51.7 Å². The van der Waals surface area contributed by atoms with Crippen LogP contribution in [0.4, 0.5) is 4.79 Å². The topological polar surface area (TPSA) is 66.8 Å². The van der Waals surface area contributed by atoms with Gasteiger partial charge in [-0.25, -0.2) is 4.79 Å². The SMILES string of the molecule is CC(C)(C)OC(=O)N1CC2CCC1C2CC(=O)O. The van der Waals surface area contributed by atoms with E-state index in [0.717, 1.165) is 12.8 Å². The molecule has 0 aromatic rings. The number of rotatable bonds is 2. The molecule has 2 fully saturated rings. The van der Waals surface area contributed by atoms with Crippen LogP contribution in [0.5, 0.6) is 0 Å². The lowest BCUT2D eigenvalue weighted by molar-refractivity contribution is -0.138. The third-order valence-corrected chi connectivity index (χ3v) is 3.80. The number of ether oxygens (including phenoxy) is 1. The Morgan fingerprint density at radius 3 is 2.56 bits per heavy atom. The number of carboxylic acids is 1. The summed E-state index contributed by atoms with van der Waals surface area (Å²) in [6, 6.07) is 0.0564. The summed E-state index contributed by atoms with van der Waals surface area (Å²) in [5, 5.41) is 8.91. The summed E-state index contributed by atoms with van der Waals surface area (Å²) in [7, 11) is 0. The minimum Gasteiger partial charge on any atom is -0.481 e. The highest BCUT2D eigenvalue weighted by molar-refractivity contribution is 5.71. The molecular weight excluding hydrogens is 234 g/mol. The molecule has 0 aromatic heterocycles. The summed E-state index contributed by atoms with van der Waals surface area (Å²) in [5.41, 5.74) is -0.499. The third-order valence-electron chi connectivity index (χ3n) is 3.80. The first-order valence-electron chi connectivity index (χ1n) is 6.49. The van der Waals surface area contributed by atoms with Crippen molar-refractivity contribution >= 4 is 12.1 Å². The molecule has 1 heterocycles. The minimum absolute atomic E-state index is 0.0564. The summed E-state index contributed by atoms with van der Waals surface area (Å²) in [4.78, 5) is 24.6. The fourth-order valence-corrected chi connectivity index (χ4v) is 3.16. The standard InChI is InChI=1S/C13H21NO4/c1-13(2,3)18-12(17)14-7-8-4-5-10(14)9(8)6-11(15)16/h8-10H,4-7H2,1-3H3,(H,15,16). The van der Waals surface area contributed by atoms with Crippen LogP contribution in [0.1, 0.15) is 40.0 Å². The van der Waals surface area contributed by atoms with Gasteiger partial charge < -0.3 is 14.7 Å². The van der Waals surface area contributed by atoms with Gasteiger partial charge in [-0.15, -0.1) is 0 Å². The second kappa shape index (κ2) is 4.44. The molecule has 3 unspecified atom stereocenters. The van der Waals surface area contributed by atoms with Crippen molar-refractivity contribution in [3.63, 3.8) is 0 Å². The van der Waals surface area contributed by atoms with Crippen LogP contribution in [0.2, 0.25) is 0 Å². The fraction of sp³-hybridized carbons (Fsp3) is 0.846. The van der Waals surface area contributed by atoms with Crippen molar-refractivity contribution in [1.29, 1.82) is 0 Å². The number of hydrogen-bond acceptors (Lipinski definition) is 3. The van der Waals surface area contributed by atoms with Crippen molar-refractivity contribution in [1.82, 2.24) is 4.90 Å². The van der Waals surface area contributed by atoms with Crippen molar-refractivity contribution < 1.29 is 19.4 Å². The van der Waals surface area contributed by atoms with Gasteiger partial charge in [-0.3, -0.25) is 4.79 Å². The molecule has 1 amide bonds. The van der Waals surface area contributed by atoms with E-state index in [0.29, 0.717) is 12.5 Å². The Kier molecular flexibility index (Phi) is 3.25. The lowest BCUT2D eigenvalue weighted by Crippen LogP contribution is -2.42. The molecule has 18 heavy (non-hydrogen) atoms. The largest absolute Gasteiger partial charge is 0.481 e. The molecule has 2 bridgehead atoms. The zero-order chi connectivity index (χ0) is 13.5. The van der Waals surface area contributed by atoms with E-state index < -0.39 is 11.6 Å². The van der Waals surface area contributed by atoms with Gasteiger partial charge in [-0.05, 0) is 45.4 Å². The van der Waals surface area contributed by atoms with Crippen molar-refractivity contribution in [3.8, 4) is 0 Å².